The normalized spacial score (nSPS) is 21.0. The number of nitrogens with zero attached hydrogens (tertiary/aromatic N) is 2. The van der Waals surface area contributed by atoms with Crippen molar-refractivity contribution in [3.8, 4) is 0 Å². The molecule has 3 aliphatic heterocycles. The molecule has 3 aliphatic rings. The second-order valence-electron chi connectivity index (χ2n) is 10.1. The summed E-state index contributed by atoms with van der Waals surface area (Å²) in [5.41, 5.74) is 3.77. The number of pyridine rings is 1. The van der Waals surface area contributed by atoms with E-state index in [2.05, 4.69) is 39.9 Å². The van der Waals surface area contributed by atoms with Gasteiger partial charge in [-0.2, -0.15) is 0 Å². The molecule has 2 atom stereocenters. The van der Waals surface area contributed by atoms with Crippen molar-refractivity contribution in [1.29, 1.82) is 0 Å². The van der Waals surface area contributed by atoms with Gasteiger partial charge in [-0.1, -0.05) is 48.9 Å². The molecule has 0 spiro atoms. The van der Waals surface area contributed by atoms with Crippen molar-refractivity contribution in [3.63, 3.8) is 0 Å². The van der Waals surface area contributed by atoms with Crippen LogP contribution in [-0.2, 0) is 20.8 Å². The molecule has 2 aromatic carbocycles. The zero-order valence-electron chi connectivity index (χ0n) is 21.1. The van der Waals surface area contributed by atoms with Crippen LogP contribution in [0.3, 0.4) is 0 Å². The van der Waals surface area contributed by atoms with Gasteiger partial charge in [-0.05, 0) is 61.3 Å². The van der Waals surface area contributed by atoms with Gasteiger partial charge in [-0.3, -0.25) is 19.4 Å². The van der Waals surface area contributed by atoms with E-state index in [-0.39, 0.29) is 29.7 Å². The zero-order chi connectivity index (χ0) is 25.6. The maximum atomic E-state index is 13.2. The highest BCUT2D eigenvalue weighted by atomic mass is 16.2. The first-order chi connectivity index (χ1) is 18.1. The van der Waals surface area contributed by atoms with Gasteiger partial charge in [0.15, 0.2) is 0 Å². The van der Waals surface area contributed by atoms with E-state index in [1.165, 1.54) is 0 Å². The number of rotatable bonds is 3. The van der Waals surface area contributed by atoms with E-state index in [1.54, 1.807) is 11.1 Å². The van der Waals surface area contributed by atoms with E-state index < -0.39 is 0 Å². The molecule has 37 heavy (non-hydrogen) atoms. The largest absolute Gasteiger partial charge is 0.354 e. The molecule has 4 heterocycles. The Labute approximate surface area is 217 Å². The fourth-order valence-corrected chi connectivity index (χ4v) is 5.57. The number of benzene rings is 2. The molecule has 192 valence electrons. The number of carbonyl (C=O) groups excluding carboxylic acids is 3. The zero-order valence-corrected chi connectivity index (χ0v) is 21.1. The average molecular weight is 499 g/mol. The van der Waals surface area contributed by atoms with Crippen molar-refractivity contribution in [2.45, 2.75) is 63.3 Å². The highest BCUT2D eigenvalue weighted by molar-refractivity contribution is 6.00. The number of nitrogens with one attached hydrogen (secondary N) is 2. The lowest BCUT2D eigenvalue weighted by atomic mass is 9.89. The maximum absolute atomic E-state index is 13.2. The number of para-hydroxylation sites is 1. The Balaban J connectivity index is 1.30. The highest BCUT2D eigenvalue weighted by Gasteiger charge is 2.33. The van der Waals surface area contributed by atoms with E-state index in [0.717, 1.165) is 66.2 Å². The lowest BCUT2D eigenvalue weighted by Crippen LogP contribution is -2.46. The number of hydrogen-bond acceptors (Lipinski definition) is 4. The van der Waals surface area contributed by atoms with Crippen LogP contribution in [0.15, 0.2) is 60.8 Å². The van der Waals surface area contributed by atoms with Gasteiger partial charge in [0, 0.05) is 37.5 Å². The van der Waals surface area contributed by atoms with Crippen molar-refractivity contribution >= 4 is 34.3 Å². The van der Waals surface area contributed by atoms with Crippen molar-refractivity contribution in [2.75, 3.05) is 18.4 Å². The first kappa shape index (κ1) is 24.9. The predicted molar refractivity (Wildman–Crippen MR) is 144 cm³/mol. The summed E-state index contributed by atoms with van der Waals surface area (Å²) in [7, 11) is 0. The van der Waals surface area contributed by atoms with Crippen LogP contribution in [0.2, 0.25) is 0 Å². The van der Waals surface area contributed by atoms with Crippen molar-refractivity contribution in [2.24, 2.45) is 0 Å². The van der Waals surface area contributed by atoms with Gasteiger partial charge in [-0.15, -0.1) is 0 Å². The Hall–Kier alpha value is -3.74. The first-order valence-corrected chi connectivity index (χ1v) is 13.4. The summed E-state index contributed by atoms with van der Waals surface area (Å²) in [6, 6.07) is 17.7. The molecule has 2 bridgehead atoms. The number of anilines is 1. The third kappa shape index (κ3) is 5.98. The maximum Gasteiger partial charge on any atom is 0.242 e. The molecule has 0 aliphatic carbocycles. The second-order valence-corrected chi connectivity index (χ2v) is 10.1. The number of hydrogen-bond donors (Lipinski definition) is 2. The molecule has 7 nitrogen and oxygen atoms in total. The lowest BCUT2D eigenvalue weighted by molar-refractivity contribution is -0.138. The molecular formula is C30H34N4O3. The van der Waals surface area contributed by atoms with E-state index in [0.29, 0.717) is 25.9 Å². The van der Waals surface area contributed by atoms with Gasteiger partial charge in [-0.25, -0.2) is 0 Å². The Kier molecular flexibility index (Phi) is 7.78. The molecule has 6 rings (SSSR count). The van der Waals surface area contributed by atoms with Gasteiger partial charge in [0.25, 0.3) is 0 Å². The van der Waals surface area contributed by atoms with Crippen LogP contribution in [0.25, 0.3) is 10.9 Å². The van der Waals surface area contributed by atoms with Crippen molar-refractivity contribution < 1.29 is 14.4 Å². The molecular weight excluding hydrogens is 464 g/mol. The Morgan fingerprint density at radius 2 is 1.81 bits per heavy atom. The molecule has 2 N–H and O–H groups in total. The Bertz CT molecular complexity index is 1270. The van der Waals surface area contributed by atoms with Crippen molar-refractivity contribution in [1.82, 2.24) is 15.2 Å². The topological polar surface area (TPSA) is 91.4 Å². The first-order valence-electron chi connectivity index (χ1n) is 13.4. The summed E-state index contributed by atoms with van der Waals surface area (Å²) in [6.07, 6.45) is 7.26. The van der Waals surface area contributed by atoms with Crippen LogP contribution in [-0.4, -0.2) is 46.7 Å². The van der Waals surface area contributed by atoms with E-state index >= 15 is 0 Å². The molecule has 1 saturated heterocycles. The summed E-state index contributed by atoms with van der Waals surface area (Å²) in [6.45, 7) is 1.20. The summed E-state index contributed by atoms with van der Waals surface area (Å²) >= 11 is 0. The quantitative estimate of drug-likeness (QED) is 0.553. The molecule has 1 aromatic heterocycles. The van der Waals surface area contributed by atoms with Crippen LogP contribution in [0.1, 0.15) is 62.0 Å². The Morgan fingerprint density at radius 3 is 2.68 bits per heavy atom. The highest BCUT2D eigenvalue weighted by Crippen LogP contribution is 2.29. The molecule has 0 radical (unpaired) electrons. The molecule has 7 heteroatoms. The Morgan fingerprint density at radius 1 is 0.973 bits per heavy atom. The van der Waals surface area contributed by atoms with Crippen LogP contribution in [0.5, 0.6) is 0 Å². The minimum Gasteiger partial charge on any atom is -0.354 e. The smallest absolute Gasteiger partial charge is 0.242 e. The average Bonchev–Trinajstić information content (AvgIpc) is 3.41. The van der Waals surface area contributed by atoms with Gasteiger partial charge in [0.05, 0.1) is 11.2 Å². The number of carbonyl (C=O) groups is 3. The number of amides is 3. The van der Waals surface area contributed by atoms with E-state index in [1.807, 2.05) is 30.3 Å². The molecule has 1 fully saturated rings. The van der Waals surface area contributed by atoms with Gasteiger partial charge >= 0.3 is 0 Å². The molecule has 1 unspecified atom stereocenters. The third-order valence-corrected chi connectivity index (χ3v) is 7.57. The molecule has 3 amide bonds. The molecule has 0 saturated carbocycles. The van der Waals surface area contributed by atoms with Crippen molar-refractivity contribution in [3.05, 3.63) is 71.9 Å². The third-order valence-electron chi connectivity index (χ3n) is 7.57. The summed E-state index contributed by atoms with van der Waals surface area (Å²) in [4.78, 5) is 44.9. The fraction of sp³-hybridized carbons (Fsp3) is 0.400. The van der Waals surface area contributed by atoms with Crippen LogP contribution in [0.4, 0.5) is 5.69 Å². The van der Waals surface area contributed by atoms with E-state index in [9.17, 15) is 14.4 Å². The fourth-order valence-electron chi connectivity index (χ4n) is 5.57. The van der Waals surface area contributed by atoms with E-state index in [4.69, 9.17) is 0 Å². The van der Waals surface area contributed by atoms with Crippen LogP contribution in [0, 0.1) is 0 Å². The lowest BCUT2D eigenvalue weighted by Gasteiger charge is -2.24. The van der Waals surface area contributed by atoms with Gasteiger partial charge in [0.2, 0.25) is 17.7 Å². The summed E-state index contributed by atoms with van der Waals surface area (Å²) in [5, 5.41) is 7.09. The predicted octanol–water partition coefficient (Wildman–Crippen LogP) is 4.57. The van der Waals surface area contributed by atoms with Crippen LogP contribution >= 0.6 is 0 Å². The SMILES string of the molecule is O=C(CC1CCCCC(=O)N2CCC[C@H]2C(=O)NCCc2ccc1cc2)Nc1cccc2cccnc12. The summed E-state index contributed by atoms with van der Waals surface area (Å²) in [5.74, 6) is 0.0347. The standard InChI is InChI=1S/C30H34N4O3/c35-27(33-25-9-3-7-23-8-4-17-31-29(23)25)20-24-6-1-2-11-28(36)34-19-5-10-26(34)30(37)32-18-16-21-12-14-22(24)15-13-21/h3-4,7-9,12-15,17,24,26H,1-2,5-6,10-11,16,18-20H2,(H,32,37)(H,33,35)/t24?,26-/m0/s1. The minimum atomic E-state index is -0.345. The minimum absolute atomic E-state index is 0.0398. The number of aromatic nitrogens is 1. The molecule has 3 aromatic rings. The van der Waals surface area contributed by atoms with Crippen LogP contribution < -0.4 is 10.6 Å². The summed E-state index contributed by atoms with van der Waals surface area (Å²) < 4.78 is 0. The number of fused-ring (bicyclic) bond motifs is 11. The van der Waals surface area contributed by atoms with Gasteiger partial charge < -0.3 is 15.5 Å². The second kappa shape index (κ2) is 11.5. The van der Waals surface area contributed by atoms with Gasteiger partial charge in [0.1, 0.15) is 6.04 Å². The monoisotopic (exact) mass is 498 g/mol.